The quantitative estimate of drug-likeness (QED) is 0.852. The standard InChI is InChI=1S/C12H19NO5S2/c1-12(2,13)8-18-10-6-5-9(19(3,14)15)7-11(10)20(4,16)17/h5-7H,8,13H2,1-4H3. The maximum Gasteiger partial charge on any atom is 0.179 e. The van der Waals surface area contributed by atoms with Gasteiger partial charge in [-0.15, -0.1) is 0 Å². The van der Waals surface area contributed by atoms with Crippen molar-refractivity contribution in [3.05, 3.63) is 18.2 Å². The van der Waals surface area contributed by atoms with E-state index < -0.39 is 25.2 Å². The van der Waals surface area contributed by atoms with Gasteiger partial charge in [0.1, 0.15) is 17.3 Å². The highest BCUT2D eigenvalue weighted by Gasteiger charge is 2.20. The van der Waals surface area contributed by atoms with E-state index in [-0.39, 0.29) is 22.1 Å². The summed E-state index contributed by atoms with van der Waals surface area (Å²) in [4.78, 5) is -0.234. The average Bonchev–Trinajstić information content (AvgIpc) is 2.22. The molecule has 6 nitrogen and oxygen atoms in total. The van der Waals surface area contributed by atoms with E-state index in [0.717, 1.165) is 18.6 Å². The molecule has 0 saturated carbocycles. The van der Waals surface area contributed by atoms with Gasteiger partial charge in [0.05, 0.1) is 4.90 Å². The molecule has 0 heterocycles. The van der Waals surface area contributed by atoms with Gasteiger partial charge in [-0.05, 0) is 32.0 Å². The first kappa shape index (κ1) is 16.9. The molecule has 0 aliphatic rings. The minimum absolute atomic E-state index is 0.0720. The molecule has 1 rings (SSSR count). The maximum absolute atomic E-state index is 11.8. The van der Waals surface area contributed by atoms with E-state index in [0.29, 0.717) is 0 Å². The van der Waals surface area contributed by atoms with Crippen molar-refractivity contribution in [2.45, 2.75) is 29.2 Å². The van der Waals surface area contributed by atoms with Crippen molar-refractivity contribution in [1.82, 2.24) is 0 Å². The second kappa shape index (κ2) is 5.34. The van der Waals surface area contributed by atoms with Crippen molar-refractivity contribution >= 4 is 19.7 Å². The molecule has 0 radical (unpaired) electrons. The lowest BCUT2D eigenvalue weighted by Crippen LogP contribution is -2.38. The van der Waals surface area contributed by atoms with Crippen LogP contribution < -0.4 is 10.5 Å². The van der Waals surface area contributed by atoms with Crippen LogP contribution in [0.25, 0.3) is 0 Å². The number of sulfone groups is 2. The first-order valence-electron chi connectivity index (χ1n) is 5.76. The van der Waals surface area contributed by atoms with Crippen LogP contribution in [-0.2, 0) is 19.7 Å². The molecule has 0 aliphatic heterocycles. The smallest absolute Gasteiger partial charge is 0.179 e. The van der Waals surface area contributed by atoms with Crippen molar-refractivity contribution in [3.63, 3.8) is 0 Å². The van der Waals surface area contributed by atoms with Crippen molar-refractivity contribution < 1.29 is 21.6 Å². The van der Waals surface area contributed by atoms with Gasteiger partial charge in [0.15, 0.2) is 19.7 Å². The van der Waals surface area contributed by atoms with E-state index in [1.54, 1.807) is 13.8 Å². The molecule has 8 heteroatoms. The van der Waals surface area contributed by atoms with Crippen LogP contribution in [0, 0.1) is 0 Å². The molecule has 1 aromatic rings. The Morgan fingerprint density at radius 1 is 1.10 bits per heavy atom. The Morgan fingerprint density at radius 3 is 2.05 bits per heavy atom. The zero-order chi connectivity index (χ0) is 15.8. The molecule has 0 aromatic heterocycles. The maximum atomic E-state index is 11.8. The van der Waals surface area contributed by atoms with Crippen LogP contribution in [0.5, 0.6) is 5.75 Å². The summed E-state index contributed by atoms with van der Waals surface area (Å²) in [7, 11) is -7.10. The number of rotatable bonds is 5. The zero-order valence-corrected chi connectivity index (χ0v) is 13.5. The summed E-state index contributed by atoms with van der Waals surface area (Å²) in [5, 5.41) is 0. The molecule has 1 aromatic carbocycles. The van der Waals surface area contributed by atoms with Crippen molar-refractivity contribution in [3.8, 4) is 5.75 Å². The third kappa shape index (κ3) is 4.77. The number of benzene rings is 1. The van der Waals surface area contributed by atoms with Gasteiger partial charge in [-0.1, -0.05) is 0 Å². The predicted octanol–water partition coefficient (Wildman–Crippen LogP) is 0.610. The molecular weight excluding hydrogens is 302 g/mol. The predicted molar refractivity (Wildman–Crippen MR) is 76.4 cm³/mol. The van der Waals surface area contributed by atoms with Gasteiger partial charge in [-0.2, -0.15) is 0 Å². The van der Waals surface area contributed by atoms with Crippen LogP contribution in [-0.4, -0.2) is 41.5 Å². The van der Waals surface area contributed by atoms with Crippen LogP contribution >= 0.6 is 0 Å². The van der Waals surface area contributed by atoms with E-state index in [9.17, 15) is 16.8 Å². The Morgan fingerprint density at radius 2 is 1.65 bits per heavy atom. The van der Waals surface area contributed by atoms with Gasteiger partial charge in [-0.3, -0.25) is 0 Å². The van der Waals surface area contributed by atoms with E-state index in [2.05, 4.69) is 0 Å². The fourth-order valence-electron chi connectivity index (χ4n) is 1.39. The monoisotopic (exact) mass is 321 g/mol. The fourth-order valence-corrected chi connectivity index (χ4v) is 2.95. The van der Waals surface area contributed by atoms with Crippen molar-refractivity contribution in [1.29, 1.82) is 0 Å². The Bertz CT molecular complexity index is 700. The molecule has 0 unspecified atom stereocenters. The number of ether oxygens (including phenoxy) is 1. The topological polar surface area (TPSA) is 104 Å². The van der Waals surface area contributed by atoms with E-state index >= 15 is 0 Å². The Balaban J connectivity index is 3.33. The Labute approximate surface area is 119 Å². The summed E-state index contributed by atoms with van der Waals surface area (Å²) in [6.45, 7) is 3.57. The largest absolute Gasteiger partial charge is 0.490 e. The van der Waals surface area contributed by atoms with Crippen LogP contribution in [0.3, 0.4) is 0 Å². The van der Waals surface area contributed by atoms with Gasteiger partial charge >= 0.3 is 0 Å². The lowest BCUT2D eigenvalue weighted by molar-refractivity contribution is 0.238. The fraction of sp³-hybridized carbons (Fsp3) is 0.500. The molecule has 114 valence electrons. The van der Waals surface area contributed by atoms with Crippen molar-refractivity contribution in [2.75, 3.05) is 19.1 Å². The molecule has 2 N–H and O–H groups in total. The summed E-state index contributed by atoms with van der Waals surface area (Å²) >= 11 is 0. The Hall–Kier alpha value is -1.12. The third-order valence-corrected chi connectivity index (χ3v) is 4.57. The van der Waals surface area contributed by atoms with Gasteiger partial charge in [-0.25, -0.2) is 16.8 Å². The first-order valence-corrected chi connectivity index (χ1v) is 9.55. The second-order valence-electron chi connectivity index (χ2n) is 5.43. The highest BCUT2D eigenvalue weighted by molar-refractivity contribution is 7.91. The highest BCUT2D eigenvalue weighted by Crippen LogP contribution is 2.27. The van der Waals surface area contributed by atoms with Crippen LogP contribution in [0.2, 0.25) is 0 Å². The zero-order valence-electron chi connectivity index (χ0n) is 11.9. The lowest BCUT2D eigenvalue weighted by Gasteiger charge is -2.20. The number of hydrogen-bond donors (Lipinski definition) is 1. The molecule has 0 atom stereocenters. The molecule has 0 aliphatic carbocycles. The summed E-state index contributed by atoms with van der Waals surface area (Å²) in [5.74, 6) is 0.0958. The highest BCUT2D eigenvalue weighted by atomic mass is 32.2. The molecule has 0 spiro atoms. The molecule has 0 fully saturated rings. The minimum atomic E-state index is -3.61. The number of hydrogen-bond acceptors (Lipinski definition) is 6. The summed E-state index contributed by atoms with van der Waals surface area (Å²) in [6, 6.07) is 3.74. The second-order valence-corrected chi connectivity index (χ2v) is 9.43. The van der Waals surface area contributed by atoms with Gasteiger partial charge in [0, 0.05) is 18.1 Å². The van der Waals surface area contributed by atoms with Crippen molar-refractivity contribution in [2.24, 2.45) is 5.73 Å². The van der Waals surface area contributed by atoms with Gasteiger partial charge in [0.25, 0.3) is 0 Å². The summed E-state index contributed by atoms with van der Waals surface area (Å²) < 4.78 is 51.9. The minimum Gasteiger partial charge on any atom is -0.490 e. The Kier molecular flexibility index (Phi) is 4.52. The first-order chi connectivity index (χ1) is 8.81. The summed E-state index contributed by atoms with van der Waals surface area (Å²) in [5.41, 5.74) is 5.14. The SMILES string of the molecule is CC(C)(N)COc1ccc(S(C)(=O)=O)cc1S(C)(=O)=O. The molecule has 0 bridgehead atoms. The molecule has 0 amide bonds. The normalized spacial score (nSPS) is 13.2. The van der Waals surface area contributed by atoms with Crippen LogP contribution in [0.1, 0.15) is 13.8 Å². The van der Waals surface area contributed by atoms with E-state index in [4.69, 9.17) is 10.5 Å². The van der Waals surface area contributed by atoms with E-state index in [1.165, 1.54) is 12.1 Å². The molecule has 20 heavy (non-hydrogen) atoms. The molecular formula is C12H19NO5S2. The average molecular weight is 321 g/mol. The lowest BCUT2D eigenvalue weighted by atomic mass is 10.1. The third-order valence-electron chi connectivity index (χ3n) is 2.34. The van der Waals surface area contributed by atoms with E-state index in [1.807, 2.05) is 0 Å². The van der Waals surface area contributed by atoms with Crippen LogP contribution in [0.4, 0.5) is 0 Å². The van der Waals surface area contributed by atoms with Gasteiger partial charge < -0.3 is 10.5 Å². The molecule has 0 saturated heterocycles. The van der Waals surface area contributed by atoms with Crippen LogP contribution in [0.15, 0.2) is 28.0 Å². The number of nitrogens with two attached hydrogens (primary N) is 1. The summed E-state index contributed by atoms with van der Waals surface area (Å²) in [6.07, 6.45) is 2.01. The van der Waals surface area contributed by atoms with Gasteiger partial charge in [0.2, 0.25) is 0 Å².